The van der Waals surface area contributed by atoms with Gasteiger partial charge in [0.1, 0.15) is 17.3 Å². The van der Waals surface area contributed by atoms with Gasteiger partial charge in [0.15, 0.2) is 0 Å². The van der Waals surface area contributed by atoms with E-state index in [1.807, 2.05) is 0 Å². The second kappa shape index (κ2) is 7.38. The summed E-state index contributed by atoms with van der Waals surface area (Å²) in [5, 5.41) is 0. The lowest BCUT2D eigenvalue weighted by molar-refractivity contribution is -0.131. The molecule has 1 aliphatic rings. The van der Waals surface area contributed by atoms with Crippen LogP contribution < -0.4 is 4.74 Å². The summed E-state index contributed by atoms with van der Waals surface area (Å²) in [6.45, 7) is 1.87. The van der Waals surface area contributed by atoms with Gasteiger partial charge in [0.05, 0.1) is 13.5 Å². The number of nitrogens with one attached hydrogen (secondary N) is 1. The van der Waals surface area contributed by atoms with Crippen molar-refractivity contribution < 1.29 is 18.7 Å². The Morgan fingerprint density at radius 1 is 1.16 bits per heavy atom. The number of aromatic amines is 1. The van der Waals surface area contributed by atoms with E-state index in [1.54, 1.807) is 28.1 Å². The van der Waals surface area contributed by atoms with Crippen LogP contribution in [-0.4, -0.2) is 59.9 Å². The maximum Gasteiger partial charge on any atom is 0.270 e. The number of amides is 2. The molecule has 2 aromatic rings. The number of aromatic nitrogens is 1. The molecule has 0 atom stereocenters. The summed E-state index contributed by atoms with van der Waals surface area (Å²) in [7, 11) is 1.49. The molecule has 2 amide bonds. The highest BCUT2D eigenvalue weighted by Crippen LogP contribution is 2.21. The molecule has 1 N–H and O–H groups in total. The minimum atomic E-state index is -0.398. The van der Waals surface area contributed by atoms with Crippen LogP contribution in [0.3, 0.4) is 0 Å². The van der Waals surface area contributed by atoms with E-state index in [4.69, 9.17) is 4.74 Å². The van der Waals surface area contributed by atoms with Gasteiger partial charge in [-0.25, -0.2) is 4.39 Å². The Hall–Kier alpha value is -2.83. The van der Waals surface area contributed by atoms with E-state index in [2.05, 4.69) is 4.98 Å². The number of carbonyl (C=O) groups excluding carboxylic acids is 2. The first kappa shape index (κ1) is 17.0. The van der Waals surface area contributed by atoms with Crippen molar-refractivity contribution in [1.29, 1.82) is 0 Å². The Kier molecular flexibility index (Phi) is 5.02. The molecule has 1 fully saturated rings. The van der Waals surface area contributed by atoms with Crippen molar-refractivity contribution in [3.63, 3.8) is 0 Å². The van der Waals surface area contributed by atoms with E-state index < -0.39 is 5.82 Å². The lowest BCUT2D eigenvalue weighted by Gasteiger charge is -2.34. The van der Waals surface area contributed by atoms with E-state index >= 15 is 0 Å². The zero-order chi connectivity index (χ0) is 17.8. The molecule has 1 saturated heterocycles. The number of nitrogens with zero attached hydrogens (tertiary/aromatic N) is 2. The first-order valence-corrected chi connectivity index (χ1v) is 8.11. The summed E-state index contributed by atoms with van der Waals surface area (Å²) < 4.78 is 18.6. The van der Waals surface area contributed by atoms with Gasteiger partial charge in [-0.3, -0.25) is 9.59 Å². The number of hydrogen-bond acceptors (Lipinski definition) is 3. The number of methoxy groups -OCH3 is 1. The Balaban J connectivity index is 1.59. The van der Waals surface area contributed by atoms with Crippen molar-refractivity contribution in [3.05, 3.63) is 53.6 Å². The summed E-state index contributed by atoms with van der Waals surface area (Å²) in [4.78, 5) is 31.1. The minimum absolute atomic E-state index is 0.0658. The van der Waals surface area contributed by atoms with E-state index in [9.17, 15) is 14.0 Å². The standard InChI is InChI=1S/C18H20FN3O3/c1-25-16-5-4-14(19)11-13(16)12-17(23)21-7-9-22(10-8-21)18(24)15-3-2-6-20-15/h2-6,11,20H,7-10,12H2,1H3. The lowest BCUT2D eigenvalue weighted by Crippen LogP contribution is -2.51. The van der Waals surface area contributed by atoms with Gasteiger partial charge in [0.2, 0.25) is 5.91 Å². The molecule has 0 bridgehead atoms. The fraction of sp³-hybridized carbons (Fsp3) is 0.333. The smallest absolute Gasteiger partial charge is 0.270 e. The van der Waals surface area contributed by atoms with Crippen LogP contribution in [0.4, 0.5) is 4.39 Å². The third-order valence-corrected chi connectivity index (χ3v) is 4.33. The maximum absolute atomic E-state index is 13.4. The molecule has 1 aromatic heterocycles. The number of benzene rings is 1. The molecular formula is C18H20FN3O3. The first-order valence-electron chi connectivity index (χ1n) is 8.11. The van der Waals surface area contributed by atoms with E-state index in [1.165, 1.54) is 25.3 Å². The molecule has 0 radical (unpaired) electrons. The number of halogens is 1. The van der Waals surface area contributed by atoms with E-state index in [0.29, 0.717) is 43.2 Å². The van der Waals surface area contributed by atoms with Gasteiger partial charge in [-0.15, -0.1) is 0 Å². The molecule has 0 spiro atoms. The second-order valence-corrected chi connectivity index (χ2v) is 5.89. The Morgan fingerprint density at radius 3 is 2.52 bits per heavy atom. The predicted molar refractivity (Wildman–Crippen MR) is 89.9 cm³/mol. The van der Waals surface area contributed by atoms with Crippen molar-refractivity contribution >= 4 is 11.8 Å². The molecular weight excluding hydrogens is 325 g/mol. The zero-order valence-electron chi connectivity index (χ0n) is 14.0. The summed E-state index contributed by atoms with van der Waals surface area (Å²) in [5.41, 5.74) is 1.07. The molecule has 2 heterocycles. The fourth-order valence-corrected chi connectivity index (χ4v) is 2.95. The average molecular weight is 345 g/mol. The predicted octanol–water partition coefficient (Wildman–Crippen LogP) is 1.69. The normalized spacial score (nSPS) is 14.5. The fourth-order valence-electron chi connectivity index (χ4n) is 2.95. The van der Waals surface area contributed by atoms with Crippen LogP contribution in [0.1, 0.15) is 16.1 Å². The van der Waals surface area contributed by atoms with Gasteiger partial charge in [0.25, 0.3) is 5.91 Å². The van der Waals surface area contributed by atoms with Crippen LogP contribution in [0, 0.1) is 5.82 Å². The number of carbonyl (C=O) groups is 2. The lowest BCUT2D eigenvalue weighted by atomic mass is 10.1. The zero-order valence-corrected chi connectivity index (χ0v) is 14.0. The van der Waals surface area contributed by atoms with Crippen molar-refractivity contribution in [2.45, 2.75) is 6.42 Å². The van der Waals surface area contributed by atoms with Crippen LogP contribution >= 0.6 is 0 Å². The van der Waals surface area contributed by atoms with Gasteiger partial charge in [-0.2, -0.15) is 0 Å². The quantitative estimate of drug-likeness (QED) is 0.917. The third-order valence-electron chi connectivity index (χ3n) is 4.33. The van der Waals surface area contributed by atoms with Crippen molar-refractivity contribution in [1.82, 2.24) is 14.8 Å². The van der Waals surface area contributed by atoms with Gasteiger partial charge in [-0.05, 0) is 30.3 Å². The van der Waals surface area contributed by atoms with Crippen molar-refractivity contribution in [2.75, 3.05) is 33.3 Å². The molecule has 1 aliphatic heterocycles. The number of hydrogen-bond donors (Lipinski definition) is 1. The summed E-state index contributed by atoms with van der Waals surface area (Å²) in [5.74, 6) is -0.0694. The molecule has 6 nitrogen and oxygen atoms in total. The summed E-state index contributed by atoms with van der Waals surface area (Å²) in [6.07, 6.45) is 1.78. The molecule has 0 unspecified atom stereocenters. The average Bonchev–Trinajstić information content (AvgIpc) is 3.16. The molecule has 25 heavy (non-hydrogen) atoms. The van der Waals surface area contributed by atoms with Gasteiger partial charge >= 0.3 is 0 Å². The Bertz CT molecular complexity index is 753. The SMILES string of the molecule is COc1ccc(F)cc1CC(=O)N1CCN(C(=O)c2ccc[nH]2)CC1. The number of rotatable bonds is 4. The van der Waals surface area contributed by atoms with E-state index in [0.717, 1.165) is 0 Å². The van der Waals surface area contributed by atoms with Gasteiger partial charge in [0, 0.05) is 37.9 Å². The van der Waals surface area contributed by atoms with Gasteiger partial charge in [-0.1, -0.05) is 0 Å². The number of H-pyrrole nitrogens is 1. The van der Waals surface area contributed by atoms with Crippen LogP contribution in [0.15, 0.2) is 36.5 Å². The topological polar surface area (TPSA) is 65.6 Å². The molecule has 0 aliphatic carbocycles. The minimum Gasteiger partial charge on any atom is -0.496 e. The largest absolute Gasteiger partial charge is 0.496 e. The first-order chi connectivity index (χ1) is 12.1. The van der Waals surface area contributed by atoms with Crippen molar-refractivity contribution in [2.24, 2.45) is 0 Å². The Labute approximate surface area is 145 Å². The molecule has 3 rings (SSSR count). The van der Waals surface area contributed by atoms with E-state index in [-0.39, 0.29) is 18.2 Å². The Morgan fingerprint density at radius 2 is 1.88 bits per heavy atom. The molecule has 132 valence electrons. The highest BCUT2D eigenvalue weighted by atomic mass is 19.1. The van der Waals surface area contributed by atoms with Crippen LogP contribution in [0.25, 0.3) is 0 Å². The highest BCUT2D eigenvalue weighted by Gasteiger charge is 2.25. The molecule has 0 saturated carbocycles. The maximum atomic E-state index is 13.4. The number of piperazine rings is 1. The van der Waals surface area contributed by atoms with Crippen LogP contribution in [0.5, 0.6) is 5.75 Å². The molecule has 7 heteroatoms. The van der Waals surface area contributed by atoms with Crippen LogP contribution in [0.2, 0.25) is 0 Å². The third kappa shape index (κ3) is 3.81. The van der Waals surface area contributed by atoms with Gasteiger partial charge < -0.3 is 19.5 Å². The van der Waals surface area contributed by atoms with Crippen LogP contribution in [-0.2, 0) is 11.2 Å². The monoisotopic (exact) mass is 345 g/mol. The highest BCUT2D eigenvalue weighted by molar-refractivity contribution is 5.92. The number of ether oxygens (including phenoxy) is 1. The van der Waals surface area contributed by atoms with Crippen molar-refractivity contribution in [3.8, 4) is 5.75 Å². The second-order valence-electron chi connectivity index (χ2n) is 5.89. The molecule has 1 aromatic carbocycles. The summed E-state index contributed by atoms with van der Waals surface area (Å²) in [6, 6.07) is 7.65. The summed E-state index contributed by atoms with van der Waals surface area (Å²) >= 11 is 0.